The minimum atomic E-state index is -0.572. The van der Waals surface area contributed by atoms with E-state index >= 15 is 0 Å². The highest BCUT2D eigenvalue weighted by atomic mass is 19.1. The van der Waals surface area contributed by atoms with Gasteiger partial charge in [0.25, 0.3) is 0 Å². The van der Waals surface area contributed by atoms with Crippen molar-refractivity contribution in [3.8, 4) is 0 Å². The van der Waals surface area contributed by atoms with Gasteiger partial charge in [0, 0.05) is 6.04 Å². The number of hydrogen-bond donors (Lipinski definition) is 2. The molecule has 1 unspecified atom stereocenters. The molecular weight excluding hydrogens is 283 g/mol. The number of amides is 1. The number of hydrogen-bond acceptors (Lipinski definition) is 3. The van der Waals surface area contributed by atoms with Crippen LogP contribution in [0.2, 0.25) is 0 Å². The minimum Gasteiger partial charge on any atom is -0.444 e. The Hall–Kier alpha value is -1.78. The number of nitrogens with one attached hydrogen (secondary N) is 2. The van der Waals surface area contributed by atoms with Crippen molar-refractivity contribution < 1.29 is 13.9 Å². The largest absolute Gasteiger partial charge is 0.444 e. The maximum absolute atomic E-state index is 13.5. The number of anilines is 2. The Bertz CT molecular complexity index is 536. The summed E-state index contributed by atoms with van der Waals surface area (Å²) in [6.45, 7) is 7.47. The number of carbonyl (C=O) groups excluding carboxylic acids is 1. The summed E-state index contributed by atoms with van der Waals surface area (Å²) >= 11 is 0. The van der Waals surface area contributed by atoms with E-state index in [1.165, 1.54) is 25.0 Å². The fourth-order valence-electron chi connectivity index (χ4n) is 2.34. The highest BCUT2D eigenvalue weighted by Gasteiger charge is 2.24. The van der Waals surface area contributed by atoms with Gasteiger partial charge < -0.3 is 10.1 Å². The van der Waals surface area contributed by atoms with Crippen molar-refractivity contribution in [3.05, 3.63) is 24.0 Å². The predicted octanol–water partition coefficient (Wildman–Crippen LogP) is 4.77. The lowest BCUT2D eigenvalue weighted by Crippen LogP contribution is -2.27. The van der Waals surface area contributed by atoms with Crippen molar-refractivity contribution in [1.29, 1.82) is 0 Å². The average Bonchev–Trinajstić information content (AvgIpc) is 3.14. The first-order valence-corrected chi connectivity index (χ1v) is 7.79. The van der Waals surface area contributed by atoms with Crippen LogP contribution in [-0.2, 0) is 4.74 Å². The van der Waals surface area contributed by atoms with Crippen molar-refractivity contribution in [3.63, 3.8) is 0 Å². The molecule has 0 radical (unpaired) electrons. The van der Waals surface area contributed by atoms with E-state index in [0.29, 0.717) is 11.4 Å². The first-order chi connectivity index (χ1) is 10.2. The van der Waals surface area contributed by atoms with Crippen LogP contribution in [0.4, 0.5) is 20.6 Å². The lowest BCUT2D eigenvalue weighted by Gasteiger charge is -2.22. The fraction of sp³-hybridized carbons (Fsp3) is 0.588. The number of carbonyl (C=O) groups is 1. The lowest BCUT2D eigenvalue weighted by atomic mass is 10.1. The first kappa shape index (κ1) is 16.6. The van der Waals surface area contributed by atoms with E-state index in [0.717, 1.165) is 12.3 Å². The molecule has 4 nitrogen and oxygen atoms in total. The molecule has 1 amide bonds. The van der Waals surface area contributed by atoms with E-state index in [4.69, 9.17) is 4.74 Å². The molecule has 2 rings (SSSR count). The molecular formula is C17H25FN2O2. The van der Waals surface area contributed by atoms with Gasteiger partial charge in [-0.15, -0.1) is 0 Å². The number of ether oxygens (including phenoxy) is 1. The number of benzene rings is 1. The molecule has 122 valence electrons. The van der Waals surface area contributed by atoms with Gasteiger partial charge in [-0.3, -0.25) is 5.32 Å². The van der Waals surface area contributed by atoms with Crippen molar-refractivity contribution in [2.24, 2.45) is 5.92 Å². The van der Waals surface area contributed by atoms with Crippen LogP contribution in [0.1, 0.15) is 47.0 Å². The monoisotopic (exact) mass is 308 g/mol. The molecule has 5 heteroatoms. The second kappa shape index (κ2) is 6.55. The summed E-state index contributed by atoms with van der Waals surface area (Å²) in [6, 6.07) is 4.50. The third kappa shape index (κ3) is 5.54. The highest BCUT2D eigenvalue weighted by Crippen LogP contribution is 2.34. The second-order valence-corrected chi connectivity index (χ2v) is 7.04. The van der Waals surface area contributed by atoms with Gasteiger partial charge in [0.1, 0.15) is 11.4 Å². The molecule has 1 fully saturated rings. The van der Waals surface area contributed by atoms with Gasteiger partial charge in [-0.1, -0.05) is 12.8 Å². The molecule has 1 aliphatic carbocycles. The van der Waals surface area contributed by atoms with Crippen LogP contribution in [0, 0.1) is 11.7 Å². The molecule has 1 saturated carbocycles. The van der Waals surface area contributed by atoms with Gasteiger partial charge in [0.15, 0.2) is 0 Å². The summed E-state index contributed by atoms with van der Waals surface area (Å²) < 4.78 is 18.7. The minimum absolute atomic E-state index is 0.230. The zero-order valence-corrected chi connectivity index (χ0v) is 13.7. The van der Waals surface area contributed by atoms with Crippen molar-refractivity contribution in [2.45, 2.75) is 58.6 Å². The molecule has 22 heavy (non-hydrogen) atoms. The van der Waals surface area contributed by atoms with E-state index < -0.39 is 11.7 Å². The molecule has 0 aromatic heterocycles. The second-order valence-electron chi connectivity index (χ2n) is 7.04. The van der Waals surface area contributed by atoms with Crippen molar-refractivity contribution in [2.75, 3.05) is 10.6 Å². The highest BCUT2D eigenvalue weighted by molar-refractivity contribution is 5.89. The van der Waals surface area contributed by atoms with Crippen LogP contribution in [0.5, 0.6) is 0 Å². The smallest absolute Gasteiger partial charge is 0.412 e. The van der Waals surface area contributed by atoms with Crippen LogP contribution in [-0.4, -0.2) is 17.7 Å². The van der Waals surface area contributed by atoms with E-state index in [2.05, 4.69) is 17.6 Å². The summed E-state index contributed by atoms with van der Waals surface area (Å²) in [4.78, 5) is 11.9. The topological polar surface area (TPSA) is 50.4 Å². The van der Waals surface area contributed by atoms with Crippen LogP contribution >= 0.6 is 0 Å². The van der Waals surface area contributed by atoms with Gasteiger partial charge in [-0.25, -0.2) is 9.18 Å². The SMILES string of the molecule is CC(CC1CC1)Nc1cc(F)ccc1NC(=O)OC(C)(C)C. The number of rotatable bonds is 5. The van der Waals surface area contributed by atoms with Gasteiger partial charge in [0.2, 0.25) is 0 Å². The molecule has 1 aliphatic rings. The van der Waals surface area contributed by atoms with Crippen LogP contribution in [0.25, 0.3) is 0 Å². The molecule has 0 bridgehead atoms. The quantitative estimate of drug-likeness (QED) is 0.823. The Labute approximate surface area is 131 Å². The average molecular weight is 308 g/mol. The lowest BCUT2D eigenvalue weighted by molar-refractivity contribution is 0.0636. The van der Waals surface area contributed by atoms with Gasteiger partial charge in [-0.2, -0.15) is 0 Å². The maximum Gasteiger partial charge on any atom is 0.412 e. The summed E-state index contributed by atoms with van der Waals surface area (Å²) in [7, 11) is 0. The summed E-state index contributed by atoms with van der Waals surface area (Å²) in [5, 5.41) is 5.96. The first-order valence-electron chi connectivity index (χ1n) is 7.79. The molecule has 1 atom stereocenters. The molecule has 0 saturated heterocycles. The molecule has 0 spiro atoms. The Kier molecular flexibility index (Phi) is 4.94. The normalized spacial score (nSPS) is 16.0. The van der Waals surface area contributed by atoms with Crippen LogP contribution < -0.4 is 10.6 Å². The van der Waals surface area contributed by atoms with Crippen LogP contribution in [0.3, 0.4) is 0 Å². The van der Waals surface area contributed by atoms with Crippen molar-refractivity contribution >= 4 is 17.5 Å². The predicted molar refractivity (Wildman–Crippen MR) is 86.7 cm³/mol. The van der Waals surface area contributed by atoms with Gasteiger partial charge in [-0.05, 0) is 58.2 Å². The maximum atomic E-state index is 13.5. The Morgan fingerprint density at radius 3 is 2.64 bits per heavy atom. The van der Waals surface area contributed by atoms with E-state index in [-0.39, 0.29) is 11.9 Å². The molecule has 0 aliphatic heterocycles. The zero-order valence-electron chi connectivity index (χ0n) is 13.7. The fourth-order valence-corrected chi connectivity index (χ4v) is 2.34. The molecule has 2 N–H and O–H groups in total. The summed E-state index contributed by atoms with van der Waals surface area (Å²) in [5.41, 5.74) is 0.536. The Balaban J connectivity index is 2.04. The summed E-state index contributed by atoms with van der Waals surface area (Å²) in [6.07, 6.45) is 3.07. The van der Waals surface area contributed by atoms with Crippen LogP contribution in [0.15, 0.2) is 18.2 Å². The third-order valence-electron chi connectivity index (χ3n) is 3.40. The van der Waals surface area contributed by atoms with Crippen molar-refractivity contribution in [1.82, 2.24) is 0 Å². The zero-order chi connectivity index (χ0) is 16.3. The van der Waals surface area contributed by atoms with E-state index in [1.54, 1.807) is 26.8 Å². The number of halogens is 1. The molecule has 1 aromatic carbocycles. The standard InChI is InChI=1S/C17H25FN2O2/c1-11(9-12-5-6-12)19-15-10-13(18)7-8-14(15)20-16(21)22-17(2,3)4/h7-8,10-12,19H,5-6,9H2,1-4H3,(H,20,21). The Morgan fingerprint density at radius 2 is 2.05 bits per heavy atom. The van der Waals surface area contributed by atoms with E-state index in [9.17, 15) is 9.18 Å². The third-order valence-corrected chi connectivity index (χ3v) is 3.40. The molecule has 0 heterocycles. The summed E-state index contributed by atoms with van der Waals surface area (Å²) in [5.74, 6) is 0.439. The van der Waals surface area contributed by atoms with Gasteiger partial charge in [0.05, 0.1) is 11.4 Å². The van der Waals surface area contributed by atoms with E-state index in [1.807, 2.05) is 0 Å². The van der Waals surface area contributed by atoms with Gasteiger partial charge >= 0.3 is 6.09 Å². The molecule has 1 aromatic rings. The Morgan fingerprint density at radius 1 is 1.36 bits per heavy atom.